The maximum Gasteiger partial charge on any atom is 0.446 e. The van der Waals surface area contributed by atoms with Crippen molar-refractivity contribution in [3.63, 3.8) is 0 Å². The van der Waals surface area contributed by atoms with Gasteiger partial charge in [-0.05, 0) is 54.1 Å². The van der Waals surface area contributed by atoms with Crippen LogP contribution in [-0.4, -0.2) is 61.8 Å². The topological polar surface area (TPSA) is 114 Å². The fraction of sp³-hybridized carbons (Fsp3) is 0.261. The number of carboxylic acid groups (broad SMARTS) is 1. The van der Waals surface area contributed by atoms with Crippen molar-refractivity contribution >= 4 is 68.7 Å². The molecule has 2 amide bonds. The lowest BCUT2D eigenvalue weighted by atomic mass is 10.0. The predicted octanol–water partition coefficient (Wildman–Crippen LogP) is 4.09. The van der Waals surface area contributed by atoms with E-state index < -0.39 is 23.6 Å². The molecule has 9 nitrogen and oxygen atoms in total. The molecule has 5 rings (SSSR count). The van der Waals surface area contributed by atoms with Crippen LogP contribution in [0.3, 0.4) is 0 Å². The molecule has 1 aliphatic rings. The Labute approximate surface area is 226 Å². The average molecular weight is 580 g/mol. The van der Waals surface area contributed by atoms with Crippen molar-refractivity contribution in [1.82, 2.24) is 18.6 Å². The predicted molar refractivity (Wildman–Crippen MR) is 138 cm³/mol. The number of amides is 2. The number of thioether (sulfide) groups is 1. The highest BCUT2D eigenvalue weighted by molar-refractivity contribution is 8.00. The number of halogens is 3. The monoisotopic (exact) mass is 579 g/mol. The van der Waals surface area contributed by atoms with E-state index in [-0.39, 0.29) is 41.9 Å². The number of benzene rings is 2. The number of anilines is 2. The molecule has 0 bridgehead atoms. The first-order chi connectivity index (χ1) is 18.1. The van der Waals surface area contributed by atoms with Gasteiger partial charge in [-0.1, -0.05) is 12.1 Å². The van der Waals surface area contributed by atoms with Gasteiger partial charge in [-0.2, -0.15) is 21.9 Å². The van der Waals surface area contributed by atoms with E-state index in [9.17, 15) is 27.9 Å². The van der Waals surface area contributed by atoms with Gasteiger partial charge in [0.2, 0.25) is 0 Å². The zero-order valence-corrected chi connectivity index (χ0v) is 21.8. The van der Waals surface area contributed by atoms with E-state index in [4.69, 9.17) is 0 Å². The number of rotatable bonds is 6. The largest absolute Gasteiger partial charge is 0.530 e. The summed E-state index contributed by atoms with van der Waals surface area (Å²) in [5, 5.41) is 16.7. The standard InChI is InChI=1S/C23H19F3N6O3S3/c24-23(25,26)37-16-4-1-13(2-5-16)9-15-11-31(7-8-32(15)22(34)35)21-28-19(12-36-21)20(33)27-14-3-6-17-18(10-14)30-38-29-17/h1-6,10,12,15H,7-9,11H2,(H,27,33)(H,34,35)/p-1. The van der Waals surface area contributed by atoms with Gasteiger partial charge in [0.05, 0.1) is 17.8 Å². The molecule has 4 aromatic rings. The Morgan fingerprint density at radius 3 is 2.61 bits per heavy atom. The van der Waals surface area contributed by atoms with E-state index in [1.165, 1.54) is 28.4 Å². The molecule has 38 heavy (non-hydrogen) atoms. The van der Waals surface area contributed by atoms with E-state index in [0.29, 0.717) is 28.4 Å². The van der Waals surface area contributed by atoms with Crippen LogP contribution in [-0.2, 0) is 6.42 Å². The normalized spacial score (nSPS) is 16.1. The fourth-order valence-corrected chi connectivity index (χ4v) is 6.01. The Morgan fingerprint density at radius 2 is 1.87 bits per heavy atom. The third-order valence-corrected chi connectivity index (χ3v) is 8.05. The Kier molecular flexibility index (Phi) is 7.40. The maximum atomic E-state index is 12.8. The maximum absolute atomic E-state index is 12.8. The Hall–Kier alpha value is -3.43. The zero-order chi connectivity index (χ0) is 26.9. The minimum atomic E-state index is -4.38. The SMILES string of the molecule is O=C(Nc1ccc2nsnc2c1)c1csc(N2CCN(C(=O)[O-])C(Cc3ccc(SC(F)(F)F)cc3)C2)n1. The number of carbonyl (C=O) groups excluding carboxylic acids is 2. The van der Waals surface area contributed by atoms with Crippen molar-refractivity contribution < 1.29 is 27.9 Å². The highest BCUT2D eigenvalue weighted by atomic mass is 32.2. The average Bonchev–Trinajstić information content (AvgIpc) is 3.54. The first kappa shape index (κ1) is 26.2. The van der Waals surface area contributed by atoms with Crippen molar-refractivity contribution in [2.75, 3.05) is 29.9 Å². The number of hydrogen-bond donors (Lipinski definition) is 1. The van der Waals surface area contributed by atoms with Crippen molar-refractivity contribution in [2.24, 2.45) is 0 Å². The zero-order valence-electron chi connectivity index (χ0n) is 19.3. The molecule has 198 valence electrons. The molecule has 1 unspecified atom stereocenters. The Morgan fingerprint density at radius 1 is 1.11 bits per heavy atom. The highest BCUT2D eigenvalue weighted by Crippen LogP contribution is 2.37. The minimum absolute atomic E-state index is 0.0556. The summed E-state index contributed by atoms with van der Waals surface area (Å²) >= 11 is 2.15. The fourth-order valence-electron chi connectivity index (χ4n) is 4.11. The van der Waals surface area contributed by atoms with Crippen LogP contribution in [0.5, 0.6) is 0 Å². The minimum Gasteiger partial charge on any atom is -0.530 e. The second-order valence-corrected chi connectivity index (χ2v) is 10.9. The molecule has 2 aromatic heterocycles. The van der Waals surface area contributed by atoms with Gasteiger partial charge < -0.3 is 25.0 Å². The van der Waals surface area contributed by atoms with E-state index in [1.54, 1.807) is 35.7 Å². The first-order valence-corrected chi connectivity index (χ1v) is 13.6. The Bertz CT molecular complexity index is 1460. The first-order valence-electron chi connectivity index (χ1n) is 11.2. The molecular weight excluding hydrogens is 561 g/mol. The van der Waals surface area contributed by atoms with Gasteiger partial charge in [0.15, 0.2) is 5.13 Å². The van der Waals surface area contributed by atoms with Crippen LogP contribution >= 0.6 is 34.8 Å². The molecule has 0 spiro atoms. The smallest absolute Gasteiger partial charge is 0.446 e. The number of fused-ring (bicyclic) bond motifs is 1. The van der Waals surface area contributed by atoms with Crippen molar-refractivity contribution in [3.05, 3.63) is 59.1 Å². The molecule has 1 atom stereocenters. The molecule has 1 fully saturated rings. The van der Waals surface area contributed by atoms with Crippen molar-refractivity contribution in [1.29, 1.82) is 0 Å². The molecule has 0 radical (unpaired) electrons. The quantitative estimate of drug-likeness (QED) is 0.340. The van der Waals surface area contributed by atoms with Gasteiger partial charge in [0.1, 0.15) is 22.8 Å². The highest BCUT2D eigenvalue weighted by Gasteiger charge is 2.31. The van der Waals surface area contributed by atoms with Crippen LogP contribution in [0.1, 0.15) is 16.1 Å². The van der Waals surface area contributed by atoms with Crippen molar-refractivity contribution in [2.45, 2.75) is 22.9 Å². The molecule has 1 N–H and O–H groups in total. The third-order valence-electron chi connectivity index (χ3n) is 5.85. The van der Waals surface area contributed by atoms with Crippen LogP contribution in [0.4, 0.5) is 28.8 Å². The van der Waals surface area contributed by atoms with E-state index in [2.05, 4.69) is 19.0 Å². The summed E-state index contributed by atoms with van der Waals surface area (Å²) in [5.41, 5.74) is -1.48. The summed E-state index contributed by atoms with van der Waals surface area (Å²) in [6.07, 6.45) is -1.03. The lowest BCUT2D eigenvalue weighted by molar-refractivity contribution is -0.268. The van der Waals surface area contributed by atoms with Crippen LogP contribution in [0.15, 0.2) is 52.7 Å². The molecule has 2 aromatic carbocycles. The van der Waals surface area contributed by atoms with Crippen molar-refractivity contribution in [3.8, 4) is 0 Å². The number of piperazine rings is 1. The number of nitrogens with one attached hydrogen (secondary N) is 1. The molecule has 3 heterocycles. The van der Waals surface area contributed by atoms with Gasteiger partial charge in [0.25, 0.3) is 5.91 Å². The third kappa shape index (κ3) is 6.16. The van der Waals surface area contributed by atoms with Gasteiger partial charge in [-0.3, -0.25) is 4.79 Å². The van der Waals surface area contributed by atoms with E-state index >= 15 is 0 Å². The second-order valence-electron chi connectivity index (χ2n) is 8.39. The number of alkyl halides is 3. The molecule has 1 saturated heterocycles. The summed E-state index contributed by atoms with van der Waals surface area (Å²) in [6, 6.07) is 10.6. The number of thiazole rings is 1. The number of hydrogen-bond acceptors (Lipinski definition) is 10. The Balaban J connectivity index is 1.26. The lowest BCUT2D eigenvalue weighted by Crippen LogP contribution is -2.59. The molecule has 1 aliphatic heterocycles. The molecular formula is C23H18F3N6O3S3-. The van der Waals surface area contributed by atoms with E-state index in [1.807, 2.05) is 4.90 Å². The summed E-state index contributed by atoms with van der Waals surface area (Å²) < 4.78 is 46.1. The van der Waals surface area contributed by atoms with Crippen LogP contribution in [0.2, 0.25) is 0 Å². The van der Waals surface area contributed by atoms with Gasteiger partial charge >= 0.3 is 5.51 Å². The second kappa shape index (κ2) is 10.7. The van der Waals surface area contributed by atoms with Gasteiger partial charge in [-0.15, -0.1) is 11.3 Å². The number of nitrogens with zero attached hydrogens (tertiary/aromatic N) is 5. The summed E-state index contributed by atoms with van der Waals surface area (Å²) in [7, 11) is 0. The van der Waals surface area contributed by atoms with Crippen LogP contribution < -0.4 is 15.3 Å². The van der Waals surface area contributed by atoms with Crippen LogP contribution in [0, 0.1) is 0 Å². The number of carbonyl (C=O) groups is 2. The molecule has 0 saturated carbocycles. The molecule has 15 heteroatoms. The van der Waals surface area contributed by atoms with Gasteiger partial charge in [-0.25, -0.2) is 4.98 Å². The summed E-state index contributed by atoms with van der Waals surface area (Å²) in [4.78, 5) is 32.1. The molecule has 0 aliphatic carbocycles. The van der Waals surface area contributed by atoms with Gasteiger partial charge in [0, 0.05) is 35.6 Å². The number of aromatic nitrogens is 3. The van der Waals surface area contributed by atoms with E-state index in [0.717, 1.165) is 17.2 Å². The van der Waals surface area contributed by atoms with Crippen LogP contribution in [0.25, 0.3) is 11.0 Å². The summed E-state index contributed by atoms with van der Waals surface area (Å²) in [5.74, 6) is -0.392. The lowest BCUT2D eigenvalue weighted by Gasteiger charge is -2.43. The summed E-state index contributed by atoms with van der Waals surface area (Å²) in [6.45, 7) is 0.806.